The van der Waals surface area contributed by atoms with Crippen molar-refractivity contribution >= 4 is 15.9 Å². The van der Waals surface area contributed by atoms with Gasteiger partial charge in [0.05, 0.1) is 0 Å². The highest BCUT2D eigenvalue weighted by atomic mass is 32.2. The third-order valence-corrected chi connectivity index (χ3v) is 4.06. The number of nitrogens with two attached hydrogens (primary N) is 1. The number of nitrogens with one attached hydrogen (secondary N) is 1. The number of nitrogens with zero attached hydrogens (tertiary/aromatic N) is 3. The molecule has 0 fully saturated rings. The Kier molecular flexibility index (Phi) is 4.90. The Morgan fingerprint density at radius 3 is 2.79 bits per heavy atom. The van der Waals surface area contributed by atoms with E-state index >= 15 is 0 Å². The second-order valence-electron chi connectivity index (χ2n) is 4.19. The highest BCUT2D eigenvalue weighted by Gasteiger charge is 2.20. The standard InChI is InChI=1S/C10H19N5O3S/c1-4-15-6-9(13-8(15)3)19(17,18)12-5-7(2)10(11)14-16/h6-7,12,16H,4-5H2,1-3H3,(H2,11,14). The van der Waals surface area contributed by atoms with Crippen molar-refractivity contribution in [3.8, 4) is 0 Å². The molecule has 1 aromatic rings. The van der Waals surface area contributed by atoms with E-state index in [0.29, 0.717) is 12.4 Å². The second-order valence-corrected chi connectivity index (χ2v) is 5.90. The van der Waals surface area contributed by atoms with Gasteiger partial charge in [-0.15, -0.1) is 0 Å². The van der Waals surface area contributed by atoms with E-state index < -0.39 is 15.9 Å². The molecule has 9 heteroatoms. The van der Waals surface area contributed by atoms with Gasteiger partial charge in [0.1, 0.15) is 11.7 Å². The fourth-order valence-corrected chi connectivity index (χ4v) is 2.58. The Morgan fingerprint density at radius 2 is 2.32 bits per heavy atom. The zero-order valence-electron chi connectivity index (χ0n) is 11.2. The molecule has 1 rings (SSSR count). The normalized spacial score (nSPS) is 14.6. The monoisotopic (exact) mass is 289 g/mol. The van der Waals surface area contributed by atoms with E-state index in [2.05, 4.69) is 14.9 Å². The maximum absolute atomic E-state index is 12.0. The third kappa shape index (κ3) is 3.67. The molecule has 0 radical (unpaired) electrons. The first-order valence-corrected chi connectivity index (χ1v) is 7.31. The summed E-state index contributed by atoms with van der Waals surface area (Å²) in [6.07, 6.45) is 1.48. The van der Waals surface area contributed by atoms with Crippen molar-refractivity contribution in [2.45, 2.75) is 32.3 Å². The number of hydrogen-bond donors (Lipinski definition) is 3. The lowest BCUT2D eigenvalue weighted by atomic mass is 10.2. The SMILES string of the molecule is CCn1cc(S(=O)(=O)NCC(C)C(N)=NO)nc1C. The molecule has 108 valence electrons. The molecule has 0 aliphatic rings. The summed E-state index contributed by atoms with van der Waals surface area (Å²) in [4.78, 5) is 4.00. The third-order valence-electron chi connectivity index (χ3n) is 2.77. The smallest absolute Gasteiger partial charge is 0.259 e. The summed E-state index contributed by atoms with van der Waals surface area (Å²) in [5.41, 5.74) is 5.38. The van der Waals surface area contributed by atoms with Gasteiger partial charge in [-0.2, -0.15) is 0 Å². The molecule has 4 N–H and O–H groups in total. The Labute approximate surface area is 112 Å². The van der Waals surface area contributed by atoms with Crippen molar-refractivity contribution < 1.29 is 13.6 Å². The summed E-state index contributed by atoms with van der Waals surface area (Å²) in [6, 6.07) is 0. The molecule has 0 amide bonds. The molecule has 0 aliphatic carbocycles. The summed E-state index contributed by atoms with van der Waals surface area (Å²) in [5, 5.41) is 11.3. The molecule has 1 atom stereocenters. The number of aryl methyl sites for hydroxylation is 2. The molecule has 0 saturated carbocycles. The summed E-state index contributed by atoms with van der Waals surface area (Å²) < 4.78 is 28.1. The van der Waals surface area contributed by atoms with Crippen LogP contribution in [0.4, 0.5) is 0 Å². The van der Waals surface area contributed by atoms with Crippen LogP contribution in [0.15, 0.2) is 16.4 Å². The minimum atomic E-state index is -3.68. The number of rotatable bonds is 6. The topological polar surface area (TPSA) is 123 Å². The van der Waals surface area contributed by atoms with Gasteiger partial charge in [0.2, 0.25) is 0 Å². The van der Waals surface area contributed by atoms with E-state index in [1.54, 1.807) is 18.4 Å². The minimum Gasteiger partial charge on any atom is -0.409 e. The molecule has 0 bridgehead atoms. The van der Waals surface area contributed by atoms with Crippen LogP contribution in [-0.2, 0) is 16.6 Å². The van der Waals surface area contributed by atoms with Crippen molar-refractivity contribution in [3.05, 3.63) is 12.0 Å². The van der Waals surface area contributed by atoms with Crippen molar-refractivity contribution in [3.63, 3.8) is 0 Å². The van der Waals surface area contributed by atoms with Crippen molar-refractivity contribution in [2.24, 2.45) is 16.8 Å². The summed E-state index contributed by atoms with van der Waals surface area (Å²) >= 11 is 0. The Morgan fingerprint density at radius 1 is 1.68 bits per heavy atom. The number of aromatic nitrogens is 2. The number of amidine groups is 1. The summed E-state index contributed by atoms with van der Waals surface area (Å²) in [7, 11) is -3.68. The first-order chi connectivity index (χ1) is 8.81. The van der Waals surface area contributed by atoms with Gasteiger partial charge < -0.3 is 15.5 Å². The zero-order valence-corrected chi connectivity index (χ0v) is 12.0. The second kappa shape index (κ2) is 6.02. The van der Waals surface area contributed by atoms with Crippen LogP contribution in [0.25, 0.3) is 0 Å². The molecular weight excluding hydrogens is 270 g/mol. The molecule has 1 unspecified atom stereocenters. The highest BCUT2D eigenvalue weighted by Crippen LogP contribution is 2.09. The van der Waals surface area contributed by atoms with Crippen molar-refractivity contribution in [1.82, 2.24) is 14.3 Å². The van der Waals surface area contributed by atoms with Crippen LogP contribution >= 0.6 is 0 Å². The van der Waals surface area contributed by atoms with Crippen molar-refractivity contribution in [2.75, 3.05) is 6.54 Å². The quantitative estimate of drug-likeness (QED) is 0.291. The van der Waals surface area contributed by atoms with E-state index in [1.165, 1.54) is 6.20 Å². The molecule has 1 aromatic heterocycles. The molecule has 1 heterocycles. The van der Waals surface area contributed by atoms with Crippen LogP contribution in [0.5, 0.6) is 0 Å². The Bertz CT molecular complexity index is 564. The predicted molar refractivity (Wildman–Crippen MR) is 70.4 cm³/mol. The number of sulfonamides is 1. The number of hydrogen-bond acceptors (Lipinski definition) is 5. The van der Waals surface area contributed by atoms with E-state index in [0.717, 1.165) is 0 Å². The molecule has 0 aliphatic heterocycles. The highest BCUT2D eigenvalue weighted by molar-refractivity contribution is 7.89. The average Bonchev–Trinajstić information content (AvgIpc) is 2.77. The number of imidazole rings is 1. The molecule has 0 aromatic carbocycles. The van der Waals surface area contributed by atoms with Crippen LogP contribution in [0.1, 0.15) is 19.7 Å². The van der Waals surface area contributed by atoms with Crippen LogP contribution in [0.2, 0.25) is 0 Å². The van der Waals surface area contributed by atoms with Crippen LogP contribution in [0, 0.1) is 12.8 Å². The number of oxime groups is 1. The lowest BCUT2D eigenvalue weighted by molar-refractivity contribution is 0.314. The van der Waals surface area contributed by atoms with E-state index in [4.69, 9.17) is 10.9 Å². The largest absolute Gasteiger partial charge is 0.409 e. The molecule has 0 saturated heterocycles. The molecule has 8 nitrogen and oxygen atoms in total. The summed E-state index contributed by atoms with van der Waals surface area (Å²) in [5.74, 6) is 0.194. The maximum Gasteiger partial charge on any atom is 0.259 e. The van der Waals surface area contributed by atoms with Gasteiger partial charge in [0.25, 0.3) is 10.0 Å². The maximum atomic E-state index is 12.0. The van der Waals surface area contributed by atoms with Crippen LogP contribution < -0.4 is 10.5 Å². The van der Waals surface area contributed by atoms with E-state index in [9.17, 15) is 8.42 Å². The first-order valence-electron chi connectivity index (χ1n) is 5.82. The first kappa shape index (κ1) is 15.4. The van der Waals surface area contributed by atoms with Gasteiger partial charge >= 0.3 is 0 Å². The van der Waals surface area contributed by atoms with Gasteiger partial charge in [-0.25, -0.2) is 18.1 Å². The van der Waals surface area contributed by atoms with Crippen LogP contribution in [-0.4, -0.2) is 35.6 Å². The minimum absolute atomic E-state index is 0.0291. The summed E-state index contributed by atoms with van der Waals surface area (Å²) in [6.45, 7) is 5.97. The molecule has 0 spiro atoms. The van der Waals surface area contributed by atoms with Crippen LogP contribution in [0.3, 0.4) is 0 Å². The van der Waals surface area contributed by atoms with Gasteiger partial charge in [-0.1, -0.05) is 12.1 Å². The zero-order chi connectivity index (χ0) is 14.6. The van der Waals surface area contributed by atoms with Crippen molar-refractivity contribution in [1.29, 1.82) is 0 Å². The fraction of sp³-hybridized carbons (Fsp3) is 0.600. The fourth-order valence-electron chi connectivity index (χ4n) is 1.44. The Balaban J connectivity index is 2.81. The van der Waals surface area contributed by atoms with E-state index in [1.807, 2.05) is 6.92 Å². The van der Waals surface area contributed by atoms with Gasteiger partial charge in [-0.05, 0) is 13.8 Å². The lowest BCUT2D eigenvalue weighted by Crippen LogP contribution is -2.34. The van der Waals surface area contributed by atoms with E-state index in [-0.39, 0.29) is 17.4 Å². The predicted octanol–water partition coefficient (Wildman–Crippen LogP) is -0.128. The molecule has 19 heavy (non-hydrogen) atoms. The molecular formula is C10H19N5O3S. The van der Waals surface area contributed by atoms with Gasteiger partial charge in [0.15, 0.2) is 5.03 Å². The van der Waals surface area contributed by atoms with Gasteiger partial charge in [-0.3, -0.25) is 0 Å². The van der Waals surface area contributed by atoms with Gasteiger partial charge in [0, 0.05) is 25.2 Å². The lowest BCUT2D eigenvalue weighted by Gasteiger charge is -2.10. The average molecular weight is 289 g/mol. The Hall–Kier alpha value is -1.61.